The molecule has 1 fully saturated rings. The van der Waals surface area contributed by atoms with Gasteiger partial charge in [0.15, 0.2) is 0 Å². The smallest absolute Gasteiger partial charge is 0.143 e. The normalized spacial score (nSPS) is 37.3. The topological polar surface area (TPSA) is 37.3 Å². The maximum absolute atomic E-state index is 11.5. The van der Waals surface area contributed by atoms with E-state index in [1.807, 2.05) is 20.8 Å². The molecular formula is C9H16O2. The highest BCUT2D eigenvalue weighted by Gasteiger charge is 2.39. The molecule has 11 heavy (non-hydrogen) atoms. The average Bonchev–Trinajstić information content (AvgIpc) is 1.95. The molecule has 0 aromatic rings. The van der Waals surface area contributed by atoms with Crippen LogP contribution in [0.4, 0.5) is 0 Å². The molecule has 0 aromatic heterocycles. The van der Waals surface area contributed by atoms with Gasteiger partial charge in [-0.3, -0.25) is 4.79 Å². The predicted octanol–water partition coefficient (Wildman–Crippen LogP) is 1.37. The molecule has 0 amide bonds. The molecule has 2 heteroatoms. The summed E-state index contributed by atoms with van der Waals surface area (Å²) >= 11 is 0. The summed E-state index contributed by atoms with van der Waals surface area (Å²) in [5.74, 6) is 0.0370. The van der Waals surface area contributed by atoms with Crippen molar-refractivity contribution in [3.63, 3.8) is 0 Å². The average molecular weight is 156 g/mol. The second-order valence-corrected chi connectivity index (χ2v) is 4.14. The lowest BCUT2D eigenvalue weighted by molar-refractivity contribution is -0.139. The van der Waals surface area contributed by atoms with Crippen LogP contribution in [0.1, 0.15) is 33.6 Å². The van der Waals surface area contributed by atoms with Crippen LogP contribution in [0.15, 0.2) is 0 Å². The zero-order chi connectivity index (χ0) is 8.65. The Morgan fingerprint density at radius 3 is 2.55 bits per heavy atom. The first-order valence-corrected chi connectivity index (χ1v) is 4.17. The van der Waals surface area contributed by atoms with Crippen molar-refractivity contribution in [2.45, 2.75) is 39.7 Å². The van der Waals surface area contributed by atoms with Gasteiger partial charge in [0.25, 0.3) is 0 Å². The molecule has 1 N–H and O–H groups in total. The number of Topliss-reactive ketones (excluding diaryl/α,β-unsaturated/α-hetero) is 1. The molecule has 0 bridgehead atoms. The van der Waals surface area contributed by atoms with Crippen molar-refractivity contribution in [3.05, 3.63) is 0 Å². The standard InChI is InChI=1S/C9H16O2/c1-6-7(10)4-5-9(2,3)8(6)11/h6-7,10H,4-5H2,1-3H3/t6-,7-/m1/s1. The van der Waals surface area contributed by atoms with Crippen molar-refractivity contribution < 1.29 is 9.90 Å². The first kappa shape index (κ1) is 8.72. The van der Waals surface area contributed by atoms with E-state index in [1.54, 1.807) is 0 Å². The molecule has 2 nitrogen and oxygen atoms in total. The largest absolute Gasteiger partial charge is 0.392 e. The molecule has 2 atom stereocenters. The summed E-state index contributed by atoms with van der Waals surface area (Å²) in [5, 5.41) is 9.36. The van der Waals surface area contributed by atoms with Gasteiger partial charge in [0.05, 0.1) is 6.10 Å². The number of aliphatic hydroxyl groups excluding tert-OH is 1. The third-order valence-electron chi connectivity index (χ3n) is 2.72. The number of carbonyl (C=O) groups excluding carboxylic acids is 1. The van der Waals surface area contributed by atoms with Crippen LogP contribution in [0.3, 0.4) is 0 Å². The van der Waals surface area contributed by atoms with Crippen LogP contribution in [0, 0.1) is 11.3 Å². The minimum Gasteiger partial charge on any atom is -0.392 e. The highest BCUT2D eigenvalue weighted by Crippen LogP contribution is 2.35. The monoisotopic (exact) mass is 156 g/mol. The first-order chi connectivity index (χ1) is 4.95. The fourth-order valence-corrected chi connectivity index (χ4v) is 1.67. The van der Waals surface area contributed by atoms with E-state index in [0.29, 0.717) is 0 Å². The summed E-state index contributed by atoms with van der Waals surface area (Å²) in [6, 6.07) is 0. The van der Waals surface area contributed by atoms with Gasteiger partial charge in [0.2, 0.25) is 0 Å². The highest BCUT2D eigenvalue weighted by atomic mass is 16.3. The summed E-state index contributed by atoms with van der Waals surface area (Å²) in [4.78, 5) is 11.5. The van der Waals surface area contributed by atoms with E-state index in [4.69, 9.17) is 0 Å². The van der Waals surface area contributed by atoms with Crippen LogP contribution in [0.2, 0.25) is 0 Å². The molecule has 64 valence electrons. The van der Waals surface area contributed by atoms with E-state index in [9.17, 15) is 9.90 Å². The molecule has 1 rings (SSSR count). The van der Waals surface area contributed by atoms with Crippen molar-refractivity contribution >= 4 is 5.78 Å². The first-order valence-electron chi connectivity index (χ1n) is 4.17. The Balaban J connectivity index is 2.76. The number of aliphatic hydroxyl groups is 1. The summed E-state index contributed by atoms with van der Waals surface area (Å²) in [6.45, 7) is 5.73. The lowest BCUT2D eigenvalue weighted by Crippen LogP contribution is -2.41. The lowest BCUT2D eigenvalue weighted by Gasteiger charge is -2.35. The van der Waals surface area contributed by atoms with Gasteiger partial charge in [-0.05, 0) is 12.8 Å². The van der Waals surface area contributed by atoms with Crippen LogP contribution in [0.5, 0.6) is 0 Å². The highest BCUT2D eigenvalue weighted by molar-refractivity contribution is 5.87. The van der Waals surface area contributed by atoms with Gasteiger partial charge < -0.3 is 5.11 Å². The van der Waals surface area contributed by atoms with Crippen LogP contribution in [-0.4, -0.2) is 17.0 Å². The van der Waals surface area contributed by atoms with Crippen molar-refractivity contribution in [2.24, 2.45) is 11.3 Å². The fraction of sp³-hybridized carbons (Fsp3) is 0.889. The van der Waals surface area contributed by atoms with E-state index in [0.717, 1.165) is 12.8 Å². The molecule has 1 aliphatic rings. The summed E-state index contributed by atoms with van der Waals surface area (Å²) in [7, 11) is 0. The van der Waals surface area contributed by atoms with E-state index in [1.165, 1.54) is 0 Å². The zero-order valence-corrected chi connectivity index (χ0v) is 7.42. The molecule has 0 aliphatic heterocycles. The Hall–Kier alpha value is -0.370. The second kappa shape index (κ2) is 2.59. The maximum Gasteiger partial charge on any atom is 0.143 e. The van der Waals surface area contributed by atoms with Gasteiger partial charge in [-0.25, -0.2) is 0 Å². The molecule has 1 aliphatic carbocycles. The SMILES string of the molecule is C[C@H]1C(=O)C(C)(C)CC[C@H]1O. The lowest BCUT2D eigenvalue weighted by atomic mass is 9.70. The number of rotatable bonds is 0. The molecule has 0 heterocycles. The molecule has 0 radical (unpaired) electrons. The third-order valence-corrected chi connectivity index (χ3v) is 2.72. The van der Waals surface area contributed by atoms with Gasteiger partial charge >= 0.3 is 0 Å². The van der Waals surface area contributed by atoms with Crippen molar-refractivity contribution in [1.82, 2.24) is 0 Å². The van der Waals surface area contributed by atoms with Crippen LogP contribution in [-0.2, 0) is 4.79 Å². The Morgan fingerprint density at radius 2 is 2.09 bits per heavy atom. The van der Waals surface area contributed by atoms with Crippen molar-refractivity contribution in [2.75, 3.05) is 0 Å². The Kier molecular flexibility index (Phi) is 2.06. The van der Waals surface area contributed by atoms with E-state index in [-0.39, 0.29) is 17.1 Å². The summed E-state index contributed by atoms with van der Waals surface area (Å²) in [5.41, 5.74) is -0.210. The number of hydrogen-bond donors (Lipinski definition) is 1. The summed E-state index contributed by atoms with van der Waals surface area (Å²) in [6.07, 6.45) is 1.17. The van der Waals surface area contributed by atoms with Gasteiger partial charge in [-0.15, -0.1) is 0 Å². The maximum atomic E-state index is 11.5. The van der Waals surface area contributed by atoms with E-state index < -0.39 is 6.10 Å². The van der Waals surface area contributed by atoms with E-state index in [2.05, 4.69) is 0 Å². The van der Waals surface area contributed by atoms with Gasteiger partial charge in [-0.1, -0.05) is 20.8 Å². The second-order valence-electron chi connectivity index (χ2n) is 4.14. The molecule has 1 saturated carbocycles. The summed E-state index contributed by atoms with van der Waals surface area (Å²) < 4.78 is 0. The number of carbonyl (C=O) groups is 1. The molecule has 0 unspecified atom stereocenters. The molecular weight excluding hydrogens is 140 g/mol. The van der Waals surface area contributed by atoms with Gasteiger partial charge in [0.1, 0.15) is 5.78 Å². The molecule has 0 aromatic carbocycles. The molecule has 0 saturated heterocycles. The van der Waals surface area contributed by atoms with Crippen molar-refractivity contribution in [1.29, 1.82) is 0 Å². The van der Waals surface area contributed by atoms with Gasteiger partial charge in [0, 0.05) is 11.3 Å². The van der Waals surface area contributed by atoms with Crippen molar-refractivity contribution in [3.8, 4) is 0 Å². The number of ketones is 1. The predicted molar refractivity (Wildman–Crippen MR) is 43.2 cm³/mol. The molecule has 0 spiro atoms. The zero-order valence-electron chi connectivity index (χ0n) is 7.42. The Bertz CT molecular complexity index is 172. The third kappa shape index (κ3) is 1.45. The minimum atomic E-state index is -0.407. The minimum absolute atomic E-state index is 0.168. The number of hydrogen-bond acceptors (Lipinski definition) is 2. The van der Waals surface area contributed by atoms with Crippen LogP contribution in [0.25, 0.3) is 0 Å². The van der Waals surface area contributed by atoms with E-state index >= 15 is 0 Å². The quantitative estimate of drug-likeness (QED) is 0.575. The van der Waals surface area contributed by atoms with Gasteiger partial charge in [-0.2, -0.15) is 0 Å². The fourth-order valence-electron chi connectivity index (χ4n) is 1.67. The Labute approximate surface area is 67.6 Å². The Morgan fingerprint density at radius 1 is 1.55 bits per heavy atom. The van der Waals surface area contributed by atoms with Crippen LogP contribution < -0.4 is 0 Å². The van der Waals surface area contributed by atoms with Crippen LogP contribution >= 0.6 is 0 Å².